The Morgan fingerprint density at radius 2 is 2.00 bits per heavy atom. The van der Waals surface area contributed by atoms with Crippen molar-refractivity contribution in [2.24, 2.45) is 0 Å². The van der Waals surface area contributed by atoms with Crippen LogP contribution in [0.4, 0.5) is 10.5 Å². The van der Waals surface area contributed by atoms with Gasteiger partial charge in [0, 0.05) is 30.2 Å². The van der Waals surface area contributed by atoms with E-state index in [4.69, 9.17) is 16.1 Å². The molecule has 1 aliphatic rings. The molecule has 0 radical (unpaired) electrons. The molecule has 1 N–H and O–H groups in total. The van der Waals surface area contributed by atoms with Crippen molar-refractivity contribution in [3.8, 4) is 0 Å². The summed E-state index contributed by atoms with van der Waals surface area (Å²) < 4.78 is 5.37. The van der Waals surface area contributed by atoms with Crippen LogP contribution in [0.2, 0.25) is 5.02 Å². The van der Waals surface area contributed by atoms with Gasteiger partial charge in [-0.3, -0.25) is 0 Å². The number of aromatic nitrogens is 2. The first kappa shape index (κ1) is 16.6. The van der Waals surface area contributed by atoms with E-state index in [0.717, 1.165) is 5.56 Å². The molecule has 2 heterocycles. The minimum absolute atomic E-state index is 0.0807. The number of amides is 2. The summed E-state index contributed by atoms with van der Waals surface area (Å²) in [6.07, 6.45) is 0.635. The third-order valence-electron chi connectivity index (χ3n) is 4.28. The normalized spacial score (nSPS) is 14.1. The summed E-state index contributed by atoms with van der Waals surface area (Å²) in [5.41, 5.74) is 1.81. The van der Waals surface area contributed by atoms with E-state index in [1.54, 1.807) is 29.2 Å². The number of likely N-dealkylation sites (tertiary alicyclic amines) is 1. The summed E-state index contributed by atoms with van der Waals surface area (Å²) >= 11 is 5.93. The van der Waals surface area contributed by atoms with Gasteiger partial charge in [0.1, 0.15) is 0 Å². The molecule has 2 aromatic carbocycles. The number of rotatable bonds is 4. The number of anilines is 1. The molecule has 1 fully saturated rings. The van der Waals surface area contributed by atoms with Gasteiger partial charge >= 0.3 is 6.03 Å². The summed E-state index contributed by atoms with van der Waals surface area (Å²) in [7, 11) is 0. The van der Waals surface area contributed by atoms with Gasteiger partial charge in [0.2, 0.25) is 5.89 Å². The number of carbonyl (C=O) groups excluding carboxylic acids is 1. The molecular formula is C19H17ClN4O2. The summed E-state index contributed by atoms with van der Waals surface area (Å²) in [5, 5.41) is 7.46. The van der Waals surface area contributed by atoms with E-state index in [1.165, 1.54) is 0 Å². The SMILES string of the molecule is O=C(Nc1cccc(Cl)c1)N1CC(c2nc(Cc3ccccc3)no2)C1. The Morgan fingerprint density at radius 3 is 2.77 bits per heavy atom. The van der Waals surface area contributed by atoms with E-state index in [2.05, 4.69) is 15.5 Å². The fourth-order valence-electron chi connectivity index (χ4n) is 2.85. The van der Waals surface area contributed by atoms with E-state index in [9.17, 15) is 4.79 Å². The quantitative estimate of drug-likeness (QED) is 0.757. The molecule has 2 amide bonds. The van der Waals surface area contributed by atoms with Gasteiger partial charge in [-0.1, -0.05) is 53.2 Å². The second-order valence-electron chi connectivity index (χ2n) is 6.25. The molecule has 0 spiro atoms. The minimum Gasteiger partial charge on any atom is -0.339 e. The minimum atomic E-state index is -0.160. The fourth-order valence-corrected chi connectivity index (χ4v) is 3.04. The van der Waals surface area contributed by atoms with Crippen molar-refractivity contribution >= 4 is 23.3 Å². The van der Waals surface area contributed by atoms with E-state index in [1.807, 2.05) is 30.3 Å². The Labute approximate surface area is 155 Å². The Bertz CT molecular complexity index is 907. The molecule has 6 nitrogen and oxygen atoms in total. The van der Waals surface area contributed by atoms with E-state index in [-0.39, 0.29) is 11.9 Å². The predicted octanol–water partition coefficient (Wildman–Crippen LogP) is 3.95. The largest absolute Gasteiger partial charge is 0.339 e. The number of urea groups is 1. The Hall–Kier alpha value is -2.86. The molecule has 0 unspecified atom stereocenters. The number of halogens is 1. The van der Waals surface area contributed by atoms with Crippen molar-refractivity contribution in [2.75, 3.05) is 18.4 Å². The number of nitrogens with one attached hydrogen (secondary N) is 1. The van der Waals surface area contributed by atoms with Crippen molar-refractivity contribution in [1.29, 1.82) is 0 Å². The summed E-state index contributed by atoms with van der Waals surface area (Å²) in [5.74, 6) is 1.33. The van der Waals surface area contributed by atoms with E-state index >= 15 is 0 Å². The number of hydrogen-bond acceptors (Lipinski definition) is 4. The van der Waals surface area contributed by atoms with Gasteiger partial charge in [0.25, 0.3) is 0 Å². The maximum absolute atomic E-state index is 12.2. The number of nitrogens with zero attached hydrogens (tertiary/aromatic N) is 3. The zero-order valence-electron chi connectivity index (χ0n) is 13.9. The lowest BCUT2D eigenvalue weighted by Crippen LogP contribution is -2.50. The van der Waals surface area contributed by atoms with Crippen LogP contribution in [0.3, 0.4) is 0 Å². The Morgan fingerprint density at radius 1 is 1.19 bits per heavy atom. The van der Waals surface area contributed by atoms with Crippen molar-refractivity contribution in [2.45, 2.75) is 12.3 Å². The fraction of sp³-hybridized carbons (Fsp3) is 0.211. The van der Waals surface area contributed by atoms with Gasteiger partial charge in [-0.2, -0.15) is 4.98 Å². The van der Waals surface area contributed by atoms with Crippen molar-refractivity contribution in [3.63, 3.8) is 0 Å². The summed E-state index contributed by atoms with van der Waals surface area (Å²) in [6.45, 7) is 1.11. The van der Waals surface area contributed by atoms with Gasteiger partial charge in [-0.15, -0.1) is 0 Å². The molecule has 0 atom stereocenters. The maximum atomic E-state index is 12.2. The average Bonchev–Trinajstić information content (AvgIpc) is 3.02. The highest BCUT2D eigenvalue weighted by molar-refractivity contribution is 6.30. The highest BCUT2D eigenvalue weighted by Crippen LogP contribution is 2.27. The lowest BCUT2D eigenvalue weighted by Gasteiger charge is -2.36. The molecule has 0 aliphatic carbocycles. The molecular weight excluding hydrogens is 352 g/mol. The molecule has 1 aromatic heterocycles. The van der Waals surface area contributed by atoms with Gasteiger partial charge in [-0.05, 0) is 23.8 Å². The van der Waals surface area contributed by atoms with Crippen molar-refractivity contribution < 1.29 is 9.32 Å². The first-order chi connectivity index (χ1) is 12.7. The first-order valence-corrected chi connectivity index (χ1v) is 8.73. The molecule has 0 saturated carbocycles. The van der Waals surface area contributed by atoms with Gasteiger partial charge in [0.15, 0.2) is 5.82 Å². The zero-order chi connectivity index (χ0) is 17.9. The Kier molecular flexibility index (Phi) is 4.58. The van der Waals surface area contributed by atoms with Gasteiger partial charge < -0.3 is 14.7 Å². The lowest BCUT2D eigenvalue weighted by molar-refractivity contribution is 0.147. The first-order valence-electron chi connectivity index (χ1n) is 8.35. The summed E-state index contributed by atoms with van der Waals surface area (Å²) in [6, 6.07) is 16.9. The smallest absolute Gasteiger partial charge is 0.321 e. The van der Waals surface area contributed by atoms with Gasteiger partial charge in [0.05, 0.1) is 5.92 Å². The molecule has 7 heteroatoms. The van der Waals surface area contributed by atoms with E-state index in [0.29, 0.717) is 41.9 Å². The van der Waals surface area contributed by atoms with Crippen LogP contribution in [-0.4, -0.2) is 34.2 Å². The second kappa shape index (κ2) is 7.17. The van der Waals surface area contributed by atoms with Crippen LogP contribution in [0.15, 0.2) is 59.1 Å². The topological polar surface area (TPSA) is 71.3 Å². The highest BCUT2D eigenvalue weighted by Gasteiger charge is 2.35. The third-order valence-corrected chi connectivity index (χ3v) is 4.52. The standard InChI is InChI=1S/C19H17ClN4O2/c20-15-7-4-8-16(10-15)21-19(25)24-11-14(12-24)18-22-17(23-26-18)9-13-5-2-1-3-6-13/h1-8,10,14H,9,11-12H2,(H,21,25). The summed E-state index contributed by atoms with van der Waals surface area (Å²) in [4.78, 5) is 18.4. The lowest BCUT2D eigenvalue weighted by atomic mass is 10.0. The maximum Gasteiger partial charge on any atom is 0.321 e. The molecule has 26 heavy (non-hydrogen) atoms. The highest BCUT2D eigenvalue weighted by atomic mass is 35.5. The van der Waals surface area contributed by atoms with Crippen molar-refractivity contribution in [3.05, 3.63) is 76.9 Å². The molecule has 4 rings (SSSR count). The van der Waals surface area contributed by atoms with Crippen LogP contribution in [0.25, 0.3) is 0 Å². The molecule has 1 aliphatic heterocycles. The van der Waals surface area contributed by atoms with Crippen LogP contribution in [-0.2, 0) is 6.42 Å². The molecule has 0 bridgehead atoms. The number of carbonyl (C=O) groups is 1. The number of hydrogen-bond donors (Lipinski definition) is 1. The average molecular weight is 369 g/mol. The van der Waals surface area contributed by atoms with Crippen LogP contribution >= 0.6 is 11.6 Å². The molecule has 1 saturated heterocycles. The predicted molar refractivity (Wildman–Crippen MR) is 98.3 cm³/mol. The van der Waals surface area contributed by atoms with Crippen LogP contribution in [0.1, 0.15) is 23.2 Å². The second-order valence-corrected chi connectivity index (χ2v) is 6.69. The van der Waals surface area contributed by atoms with Crippen LogP contribution in [0, 0.1) is 0 Å². The molecule has 3 aromatic rings. The zero-order valence-corrected chi connectivity index (χ0v) is 14.7. The van der Waals surface area contributed by atoms with E-state index < -0.39 is 0 Å². The van der Waals surface area contributed by atoms with Crippen LogP contribution in [0.5, 0.6) is 0 Å². The van der Waals surface area contributed by atoms with Gasteiger partial charge in [-0.25, -0.2) is 4.79 Å². The molecule has 132 valence electrons. The number of benzene rings is 2. The van der Waals surface area contributed by atoms with Crippen molar-refractivity contribution in [1.82, 2.24) is 15.0 Å². The third kappa shape index (κ3) is 3.70. The monoisotopic (exact) mass is 368 g/mol. The van der Waals surface area contributed by atoms with Crippen LogP contribution < -0.4 is 5.32 Å². The Balaban J connectivity index is 1.31.